The molecule has 4 aromatic heterocycles. The quantitative estimate of drug-likeness (QED) is 0.474. The van der Waals surface area contributed by atoms with Crippen LogP contribution in [0, 0.1) is 0 Å². The Morgan fingerprint density at radius 1 is 1.32 bits per heavy atom. The van der Waals surface area contributed by atoms with Gasteiger partial charge in [-0.15, -0.1) is 10.2 Å². The summed E-state index contributed by atoms with van der Waals surface area (Å²) < 4.78 is 13.8. The zero-order valence-electron chi connectivity index (χ0n) is 15.3. The Balaban J connectivity index is 1.48. The molecule has 0 amide bonds. The predicted octanol–water partition coefficient (Wildman–Crippen LogP) is 2.22. The summed E-state index contributed by atoms with van der Waals surface area (Å²) in [4.78, 5) is 16.4. The third kappa shape index (κ3) is 3.15. The van der Waals surface area contributed by atoms with Gasteiger partial charge in [-0.3, -0.25) is 4.68 Å². The number of rotatable bonds is 6. The second-order valence-corrected chi connectivity index (χ2v) is 6.96. The largest absolute Gasteiger partial charge is 0.465 e. The summed E-state index contributed by atoms with van der Waals surface area (Å²) in [6.45, 7) is 0.456. The van der Waals surface area contributed by atoms with Crippen LogP contribution in [0.15, 0.2) is 41.7 Å². The molecule has 9 heteroatoms. The van der Waals surface area contributed by atoms with Gasteiger partial charge in [-0.25, -0.2) is 9.78 Å². The first-order chi connectivity index (χ1) is 13.7. The van der Waals surface area contributed by atoms with Gasteiger partial charge >= 0.3 is 5.97 Å². The Kier molecular flexibility index (Phi) is 3.92. The number of ether oxygens (including phenoxy) is 1. The number of hydrogen-bond donors (Lipinski definition) is 0. The highest BCUT2D eigenvalue weighted by molar-refractivity contribution is 5.88. The number of aromatic nitrogens is 6. The summed E-state index contributed by atoms with van der Waals surface area (Å²) in [6, 6.07) is 2.19. The Morgan fingerprint density at radius 3 is 2.96 bits per heavy atom. The van der Waals surface area contributed by atoms with Crippen molar-refractivity contribution in [1.29, 1.82) is 0 Å². The first-order valence-corrected chi connectivity index (χ1v) is 9.06. The van der Waals surface area contributed by atoms with E-state index < -0.39 is 5.97 Å². The topological polar surface area (TPSA) is 100 Å². The molecule has 5 rings (SSSR count). The minimum atomic E-state index is -0.405. The lowest BCUT2D eigenvalue weighted by molar-refractivity contribution is 0.0600. The number of carbonyl (C=O) groups excluding carboxylic acids is 1. The minimum absolute atomic E-state index is 0.405. The van der Waals surface area contributed by atoms with Gasteiger partial charge in [-0.05, 0) is 30.4 Å². The summed E-state index contributed by atoms with van der Waals surface area (Å²) in [7, 11) is 1.35. The van der Waals surface area contributed by atoms with Crippen molar-refractivity contribution in [3.63, 3.8) is 0 Å². The van der Waals surface area contributed by atoms with Crippen molar-refractivity contribution in [2.45, 2.75) is 31.7 Å². The molecule has 0 radical (unpaired) electrons. The molecule has 4 heterocycles. The molecule has 0 unspecified atom stereocenters. The van der Waals surface area contributed by atoms with Crippen molar-refractivity contribution in [3.05, 3.63) is 65.5 Å². The van der Waals surface area contributed by atoms with Gasteiger partial charge in [0.05, 0.1) is 37.5 Å². The predicted molar refractivity (Wildman–Crippen MR) is 96.9 cm³/mol. The highest BCUT2D eigenvalue weighted by atomic mass is 16.5. The lowest BCUT2D eigenvalue weighted by Crippen LogP contribution is -2.02. The van der Waals surface area contributed by atoms with Gasteiger partial charge in [-0.2, -0.15) is 5.10 Å². The number of imidazole rings is 1. The van der Waals surface area contributed by atoms with E-state index in [9.17, 15) is 4.79 Å². The van der Waals surface area contributed by atoms with Gasteiger partial charge in [0.1, 0.15) is 5.65 Å². The Bertz CT molecular complexity index is 1140. The maximum Gasteiger partial charge on any atom is 0.341 e. The average Bonchev–Trinajstić information content (AvgIpc) is 3.07. The number of pyridine rings is 1. The van der Waals surface area contributed by atoms with Crippen molar-refractivity contribution in [2.75, 3.05) is 7.11 Å². The first kappa shape index (κ1) is 16.7. The number of hydrogen-bond acceptors (Lipinski definition) is 7. The lowest BCUT2D eigenvalue weighted by atomic mass is 10.1. The van der Waals surface area contributed by atoms with Crippen LogP contribution in [-0.2, 0) is 17.7 Å². The van der Waals surface area contributed by atoms with Gasteiger partial charge in [0, 0.05) is 24.2 Å². The van der Waals surface area contributed by atoms with Crippen molar-refractivity contribution in [1.82, 2.24) is 29.4 Å². The molecule has 142 valence electrons. The van der Waals surface area contributed by atoms with Crippen LogP contribution >= 0.6 is 0 Å². The van der Waals surface area contributed by atoms with E-state index in [2.05, 4.69) is 32.0 Å². The van der Waals surface area contributed by atoms with Crippen LogP contribution in [0.5, 0.6) is 0 Å². The maximum absolute atomic E-state index is 11.6. The fourth-order valence-electron chi connectivity index (χ4n) is 3.37. The van der Waals surface area contributed by atoms with Gasteiger partial charge in [0.2, 0.25) is 12.3 Å². The number of esters is 1. The summed E-state index contributed by atoms with van der Waals surface area (Å²) in [5.74, 6) is 0.775. The Hall–Kier alpha value is -3.49. The van der Waals surface area contributed by atoms with Crippen LogP contribution in [0.2, 0.25) is 0 Å². The van der Waals surface area contributed by atoms with Crippen LogP contribution in [0.3, 0.4) is 0 Å². The molecular weight excluding hydrogens is 360 g/mol. The second kappa shape index (κ2) is 6.59. The molecular formula is C19H18N6O3. The number of methoxy groups -OCH3 is 1. The zero-order chi connectivity index (χ0) is 19.1. The molecule has 1 aliphatic rings. The van der Waals surface area contributed by atoms with E-state index in [-0.39, 0.29) is 0 Å². The molecule has 1 fully saturated rings. The third-order valence-electron chi connectivity index (χ3n) is 4.87. The lowest BCUT2D eigenvalue weighted by Gasteiger charge is -2.05. The molecule has 0 aromatic carbocycles. The molecule has 9 nitrogen and oxygen atoms in total. The van der Waals surface area contributed by atoms with E-state index >= 15 is 0 Å². The van der Waals surface area contributed by atoms with Gasteiger partial charge in [-0.1, -0.05) is 0 Å². The van der Waals surface area contributed by atoms with E-state index in [0.717, 1.165) is 16.9 Å². The number of nitrogens with zero attached hydrogens (tertiary/aromatic N) is 6. The van der Waals surface area contributed by atoms with Crippen LogP contribution in [0.25, 0.3) is 5.65 Å². The molecule has 1 aliphatic carbocycles. The van der Waals surface area contributed by atoms with Gasteiger partial charge in [0.15, 0.2) is 0 Å². The zero-order valence-corrected chi connectivity index (χ0v) is 15.3. The molecule has 0 spiro atoms. The summed E-state index contributed by atoms with van der Waals surface area (Å²) >= 11 is 0. The van der Waals surface area contributed by atoms with Gasteiger partial charge in [0.25, 0.3) is 0 Å². The molecule has 0 N–H and O–H groups in total. The van der Waals surface area contributed by atoms with E-state index in [4.69, 9.17) is 14.1 Å². The number of carbonyl (C=O) groups is 1. The molecule has 0 atom stereocenters. The van der Waals surface area contributed by atoms with Crippen molar-refractivity contribution in [3.8, 4) is 0 Å². The highest BCUT2D eigenvalue weighted by Gasteiger charge is 2.25. The molecule has 0 bridgehead atoms. The average molecular weight is 378 g/mol. The maximum atomic E-state index is 11.6. The monoisotopic (exact) mass is 378 g/mol. The van der Waals surface area contributed by atoms with Crippen molar-refractivity contribution < 1.29 is 13.9 Å². The van der Waals surface area contributed by atoms with Crippen LogP contribution in [0.4, 0.5) is 0 Å². The molecule has 28 heavy (non-hydrogen) atoms. The molecule has 4 aromatic rings. The van der Waals surface area contributed by atoms with Crippen LogP contribution in [-0.4, -0.2) is 42.4 Å². The standard InChI is InChI=1S/C19H18N6O3/c1-27-19(26)15-6-21-25(8-15)10-16-9-24-7-14(12-2-3-12)4-13(18(24)22-16)5-17-23-20-11-28-17/h4,6-9,11-12H,2-3,5,10H2,1H3. The Morgan fingerprint density at radius 2 is 2.21 bits per heavy atom. The van der Waals surface area contributed by atoms with Crippen molar-refractivity contribution >= 4 is 11.6 Å². The van der Waals surface area contributed by atoms with E-state index in [1.807, 2.05) is 6.20 Å². The fourth-order valence-corrected chi connectivity index (χ4v) is 3.37. The van der Waals surface area contributed by atoms with Crippen LogP contribution in [0.1, 0.15) is 51.8 Å². The highest BCUT2D eigenvalue weighted by Crippen LogP contribution is 2.40. The second-order valence-electron chi connectivity index (χ2n) is 6.96. The number of fused-ring (bicyclic) bond motifs is 1. The van der Waals surface area contributed by atoms with E-state index in [1.165, 1.54) is 38.1 Å². The van der Waals surface area contributed by atoms with Gasteiger partial charge < -0.3 is 13.6 Å². The SMILES string of the molecule is COC(=O)c1cnn(Cc2cn3cc(C4CC4)cc(Cc4nnco4)c3n2)c1. The van der Waals surface area contributed by atoms with Crippen molar-refractivity contribution in [2.24, 2.45) is 0 Å². The van der Waals surface area contributed by atoms with Crippen LogP contribution < -0.4 is 0 Å². The summed E-state index contributed by atoms with van der Waals surface area (Å²) in [5.41, 5.74) is 4.48. The van der Waals surface area contributed by atoms with E-state index in [0.29, 0.717) is 30.3 Å². The third-order valence-corrected chi connectivity index (χ3v) is 4.87. The molecule has 0 saturated heterocycles. The fraction of sp³-hybridized carbons (Fsp3) is 0.316. The first-order valence-electron chi connectivity index (χ1n) is 9.06. The summed E-state index contributed by atoms with van der Waals surface area (Å²) in [5, 5.41) is 12.0. The Labute approximate surface area is 160 Å². The minimum Gasteiger partial charge on any atom is -0.465 e. The normalized spacial score (nSPS) is 13.9. The molecule has 0 aliphatic heterocycles. The molecule has 1 saturated carbocycles. The smallest absolute Gasteiger partial charge is 0.341 e. The van der Waals surface area contributed by atoms with E-state index in [1.54, 1.807) is 10.9 Å². The summed E-state index contributed by atoms with van der Waals surface area (Å²) in [6.07, 6.45) is 11.6.